The molecule has 7 nitrogen and oxygen atoms in total. The smallest absolute Gasteiger partial charge is 0.349 e. The lowest BCUT2D eigenvalue weighted by atomic mass is 10.1. The molecule has 1 amide bonds. The van der Waals surface area contributed by atoms with E-state index in [1.165, 1.54) is 6.07 Å². The van der Waals surface area contributed by atoms with Crippen molar-refractivity contribution >= 4 is 22.6 Å². The fraction of sp³-hybridized carbons (Fsp3) is 0. The van der Waals surface area contributed by atoms with Gasteiger partial charge in [-0.3, -0.25) is 4.79 Å². The van der Waals surface area contributed by atoms with Crippen LogP contribution in [-0.2, 0) is 0 Å². The van der Waals surface area contributed by atoms with E-state index in [9.17, 15) is 24.9 Å². The largest absolute Gasteiger partial charge is 0.504 e. The zero-order chi connectivity index (χ0) is 16.6. The molecule has 7 heteroatoms. The number of benzene rings is 2. The monoisotopic (exact) mass is 313 g/mol. The normalized spacial score (nSPS) is 10.6. The fourth-order valence-corrected chi connectivity index (χ4v) is 2.10. The molecular weight excluding hydrogens is 302 g/mol. The topological polar surface area (TPSA) is 120 Å². The lowest BCUT2D eigenvalue weighted by Crippen LogP contribution is -2.20. The van der Waals surface area contributed by atoms with E-state index in [-0.39, 0.29) is 11.3 Å². The number of nitrogens with one attached hydrogen (secondary N) is 1. The predicted octanol–water partition coefficient (Wildman–Crippen LogP) is 2.16. The highest BCUT2D eigenvalue weighted by molar-refractivity contribution is 6.05. The van der Waals surface area contributed by atoms with E-state index >= 15 is 0 Å². The summed E-state index contributed by atoms with van der Waals surface area (Å²) in [6.45, 7) is 0. The van der Waals surface area contributed by atoms with Gasteiger partial charge >= 0.3 is 5.63 Å². The van der Waals surface area contributed by atoms with E-state index in [1.54, 1.807) is 24.3 Å². The Morgan fingerprint density at radius 2 is 1.65 bits per heavy atom. The van der Waals surface area contributed by atoms with Crippen LogP contribution in [0.5, 0.6) is 17.2 Å². The molecule has 3 aromatic rings. The standard InChI is InChI=1S/C16H11NO6/c18-11-6-9(7-12(19)14(11)20)17-15(21)10-5-8-3-1-2-4-13(8)23-16(10)22/h1-7,18-20H,(H,17,21). The van der Waals surface area contributed by atoms with Crippen LogP contribution in [0.3, 0.4) is 0 Å². The summed E-state index contributed by atoms with van der Waals surface area (Å²) in [4.78, 5) is 24.1. The Bertz CT molecular complexity index is 953. The van der Waals surface area contributed by atoms with Crippen LogP contribution in [0.4, 0.5) is 5.69 Å². The van der Waals surface area contributed by atoms with Crippen molar-refractivity contribution in [2.24, 2.45) is 0 Å². The number of rotatable bonds is 2. The number of aromatic hydroxyl groups is 3. The van der Waals surface area contributed by atoms with Gasteiger partial charge in [0.2, 0.25) is 0 Å². The Kier molecular flexibility index (Phi) is 3.38. The van der Waals surface area contributed by atoms with Crippen molar-refractivity contribution in [1.82, 2.24) is 0 Å². The van der Waals surface area contributed by atoms with E-state index < -0.39 is 28.8 Å². The van der Waals surface area contributed by atoms with Crippen LogP contribution >= 0.6 is 0 Å². The van der Waals surface area contributed by atoms with Crippen molar-refractivity contribution in [3.63, 3.8) is 0 Å². The second kappa shape index (κ2) is 5.38. The van der Waals surface area contributed by atoms with Crippen molar-refractivity contribution in [2.45, 2.75) is 0 Å². The predicted molar refractivity (Wildman–Crippen MR) is 81.9 cm³/mol. The van der Waals surface area contributed by atoms with Crippen molar-refractivity contribution in [1.29, 1.82) is 0 Å². The summed E-state index contributed by atoms with van der Waals surface area (Å²) in [7, 11) is 0. The average molecular weight is 313 g/mol. The molecule has 0 spiro atoms. The second-order valence-corrected chi connectivity index (χ2v) is 4.80. The van der Waals surface area contributed by atoms with Crippen LogP contribution in [0.25, 0.3) is 11.0 Å². The van der Waals surface area contributed by atoms with Crippen LogP contribution in [0.1, 0.15) is 10.4 Å². The first-order valence-corrected chi connectivity index (χ1v) is 6.55. The van der Waals surface area contributed by atoms with E-state index in [0.29, 0.717) is 11.0 Å². The molecule has 0 saturated carbocycles. The van der Waals surface area contributed by atoms with Gasteiger partial charge in [-0.05, 0) is 12.1 Å². The molecule has 0 aliphatic carbocycles. The number of anilines is 1. The third-order valence-corrected chi connectivity index (χ3v) is 3.21. The molecule has 2 aromatic carbocycles. The maximum absolute atomic E-state index is 12.2. The number of carbonyl (C=O) groups excluding carboxylic acids is 1. The number of para-hydroxylation sites is 1. The highest BCUT2D eigenvalue weighted by Crippen LogP contribution is 2.37. The SMILES string of the molecule is O=C(Nc1cc(O)c(O)c(O)c1)c1cc2ccccc2oc1=O. The molecule has 0 aliphatic rings. The molecule has 0 bridgehead atoms. The van der Waals surface area contributed by atoms with Crippen LogP contribution in [0.2, 0.25) is 0 Å². The molecule has 0 unspecified atom stereocenters. The Labute approximate surface area is 129 Å². The quantitative estimate of drug-likeness (QED) is 0.327. The van der Waals surface area contributed by atoms with Gasteiger partial charge in [-0.25, -0.2) is 4.79 Å². The zero-order valence-corrected chi connectivity index (χ0v) is 11.6. The summed E-state index contributed by atoms with van der Waals surface area (Å²) in [5.74, 6) is -2.68. The number of fused-ring (bicyclic) bond motifs is 1. The van der Waals surface area contributed by atoms with Crippen LogP contribution in [0, 0.1) is 0 Å². The van der Waals surface area contributed by atoms with Crippen LogP contribution in [0.15, 0.2) is 51.7 Å². The number of hydrogen-bond donors (Lipinski definition) is 4. The zero-order valence-electron chi connectivity index (χ0n) is 11.6. The molecule has 0 saturated heterocycles. The Morgan fingerprint density at radius 3 is 2.35 bits per heavy atom. The molecule has 4 N–H and O–H groups in total. The van der Waals surface area contributed by atoms with Gasteiger partial charge in [-0.15, -0.1) is 0 Å². The number of hydrogen-bond acceptors (Lipinski definition) is 6. The third-order valence-electron chi connectivity index (χ3n) is 3.21. The number of amides is 1. The van der Waals surface area contributed by atoms with Gasteiger partial charge in [0.25, 0.3) is 5.91 Å². The Morgan fingerprint density at radius 1 is 1.00 bits per heavy atom. The first-order chi connectivity index (χ1) is 11.0. The Balaban J connectivity index is 1.98. The fourth-order valence-electron chi connectivity index (χ4n) is 2.10. The second-order valence-electron chi connectivity index (χ2n) is 4.80. The van der Waals surface area contributed by atoms with Gasteiger partial charge in [-0.2, -0.15) is 0 Å². The minimum absolute atomic E-state index is 0.00959. The molecule has 0 aliphatic heterocycles. The molecule has 116 valence electrons. The maximum atomic E-state index is 12.2. The number of carbonyl (C=O) groups is 1. The molecule has 0 radical (unpaired) electrons. The van der Waals surface area contributed by atoms with E-state index in [0.717, 1.165) is 12.1 Å². The summed E-state index contributed by atoms with van der Waals surface area (Å²) in [6.07, 6.45) is 0. The number of phenolic OH excluding ortho intramolecular Hbond substituents is 3. The van der Waals surface area contributed by atoms with Gasteiger partial charge in [-0.1, -0.05) is 18.2 Å². The number of phenols is 3. The summed E-state index contributed by atoms with van der Waals surface area (Å²) >= 11 is 0. The molecule has 0 fully saturated rings. The molecular formula is C16H11NO6. The molecule has 3 rings (SSSR count). The minimum atomic E-state index is -0.812. The molecule has 1 aromatic heterocycles. The van der Waals surface area contributed by atoms with Crippen molar-refractivity contribution in [2.75, 3.05) is 5.32 Å². The van der Waals surface area contributed by atoms with Gasteiger partial charge < -0.3 is 25.1 Å². The first kappa shape index (κ1) is 14.5. The van der Waals surface area contributed by atoms with Crippen molar-refractivity contribution in [3.8, 4) is 17.2 Å². The lowest BCUT2D eigenvalue weighted by molar-refractivity contribution is 0.102. The van der Waals surface area contributed by atoms with Gasteiger partial charge in [0.15, 0.2) is 17.2 Å². The van der Waals surface area contributed by atoms with Gasteiger partial charge in [0, 0.05) is 23.2 Å². The summed E-state index contributed by atoms with van der Waals surface area (Å²) in [6, 6.07) is 10.2. The highest BCUT2D eigenvalue weighted by Gasteiger charge is 2.16. The molecule has 0 atom stereocenters. The average Bonchev–Trinajstić information content (AvgIpc) is 2.51. The van der Waals surface area contributed by atoms with E-state index in [2.05, 4.69) is 5.32 Å². The summed E-state index contributed by atoms with van der Waals surface area (Å²) < 4.78 is 5.06. The van der Waals surface area contributed by atoms with Gasteiger partial charge in [0.05, 0.1) is 0 Å². The first-order valence-electron chi connectivity index (χ1n) is 6.55. The highest BCUT2D eigenvalue weighted by atomic mass is 16.4. The lowest BCUT2D eigenvalue weighted by Gasteiger charge is -2.08. The molecule has 23 heavy (non-hydrogen) atoms. The molecule has 1 heterocycles. The van der Waals surface area contributed by atoms with E-state index in [4.69, 9.17) is 4.42 Å². The van der Waals surface area contributed by atoms with Crippen LogP contribution < -0.4 is 10.9 Å². The van der Waals surface area contributed by atoms with Crippen molar-refractivity contribution in [3.05, 3.63) is 58.4 Å². The van der Waals surface area contributed by atoms with Crippen LogP contribution in [-0.4, -0.2) is 21.2 Å². The third kappa shape index (κ3) is 2.67. The maximum Gasteiger partial charge on any atom is 0.349 e. The van der Waals surface area contributed by atoms with Crippen molar-refractivity contribution < 1.29 is 24.5 Å². The van der Waals surface area contributed by atoms with Gasteiger partial charge in [0.1, 0.15) is 11.1 Å². The summed E-state index contributed by atoms with van der Waals surface area (Å²) in [5.41, 5.74) is -0.673. The van der Waals surface area contributed by atoms with E-state index in [1.807, 2.05) is 0 Å². The summed E-state index contributed by atoms with van der Waals surface area (Å²) in [5, 5.41) is 31.0. The minimum Gasteiger partial charge on any atom is -0.504 e. The Hall–Kier alpha value is -3.48.